The van der Waals surface area contributed by atoms with Gasteiger partial charge in [-0.1, -0.05) is 11.6 Å². The van der Waals surface area contributed by atoms with Crippen molar-refractivity contribution in [2.24, 2.45) is 0 Å². The maximum atomic E-state index is 5.93. The molecule has 2 aromatic heterocycles. The molecule has 0 fully saturated rings. The summed E-state index contributed by atoms with van der Waals surface area (Å²) in [4.78, 5) is 10.5. The standard InChI is InChI=1S/C15H18ClN3O3S/c1-5-21-23-22-14-11(19(2)3)8-9-17-13(14)10-6-7-12(16)18-15(10)20-4/h6-9H,5H2,1-4H3. The van der Waals surface area contributed by atoms with E-state index in [2.05, 4.69) is 9.97 Å². The molecule has 0 N–H and O–H groups in total. The fourth-order valence-corrected chi connectivity index (χ4v) is 2.44. The van der Waals surface area contributed by atoms with Crippen molar-refractivity contribution in [3.05, 3.63) is 29.5 Å². The molecule has 0 saturated carbocycles. The van der Waals surface area contributed by atoms with E-state index in [1.54, 1.807) is 18.3 Å². The van der Waals surface area contributed by atoms with Crippen LogP contribution in [-0.2, 0) is 4.18 Å². The van der Waals surface area contributed by atoms with E-state index in [0.29, 0.717) is 34.6 Å². The smallest absolute Gasteiger partial charge is 0.225 e. The third-order valence-corrected chi connectivity index (χ3v) is 3.70. The molecule has 0 radical (unpaired) electrons. The van der Waals surface area contributed by atoms with Gasteiger partial charge in [-0.05, 0) is 25.1 Å². The summed E-state index contributed by atoms with van der Waals surface area (Å²) < 4.78 is 16.3. The third kappa shape index (κ3) is 4.19. The number of methoxy groups -OCH3 is 1. The second-order valence-electron chi connectivity index (χ2n) is 4.65. The summed E-state index contributed by atoms with van der Waals surface area (Å²) in [5.74, 6) is 0.950. The Morgan fingerprint density at radius 3 is 2.70 bits per heavy atom. The third-order valence-electron chi connectivity index (χ3n) is 2.92. The molecule has 0 aliphatic heterocycles. The van der Waals surface area contributed by atoms with Crippen molar-refractivity contribution in [1.82, 2.24) is 9.97 Å². The summed E-state index contributed by atoms with van der Waals surface area (Å²) >= 11 is 6.84. The van der Waals surface area contributed by atoms with Gasteiger partial charge in [-0.3, -0.25) is 9.17 Å². The molecule has 0 spiro atoms. The molecular weight excluding hydrogens is 338 g/mol. The van der Waals surface area contributed by atoms with E-state index in [-0.39, 0.29) is 0 Å². The highest BCUT2D eigenvalue weighted by atomic mass is 35.5. The van der Waals surface area contributed by atoms with Crippen LogP contribution in [0.25, 0.3) is 11.3 Å². The van der Waals surface area contributed by atoms with Crippen LogP contribution in [0.5, 0.6) is 11.6 Å². The van der Waals surface area contributed by atoms with E-state index in [9.17, 15) is 0 Å². The van der Waals surface area contributed by atoms with Gasteiger partial charge < -0.3 is 13.8 Å². The molecule has 0 unspecified atom stereocenters. The normalized spacial score (nSPS) is 10.5. The summed E-state index contributed by atoms with van der Waals surface area (Å²) in [5, 5.41) is 0.348. The molecule has 0 aromatic carbocycles. The van der Waals surface area contributed by atoms with Crippen molar-refractivity contribution < 1.29 is 13.1 Å². The van der Waals surface area contributed by atoms with Gasteiger partial charge in [0.05, 0.1) is 25.0 Å². The van der Waals surface area contributed by atoms with Crippen LogP contribution in [0.15, 0.2) is 24.4 Å². The Morgan fingerprint density at radius 1 is 1.26 bits per heavy atom. The van der Waals surface area contributed by atoms with Crippen LogP contribution in [0.3, 0.4) is 0 Å². The number of anilines is 1. The average Bonchev–Trinajstić information content (AvgIpc) is 2.55. The Labute approximate surface area is 145 Å². The van der Waals surface area contributed by atoms with Crippen LogP contribution in [0.4, 0.5) is 5.69 Å². The molecule has 6 nitrogen and oxygen atoms in total. The largest absolute Gasteiger partial charge is 0.480 e. The fourth-order valence-electron chi connectivity index (χ4n) is 1.92. The van der Waals surface area contributed by atoms with Crippen molar-refractivity contribution >= 4 is 29.6 Å². The predicted octanol–water partition coefficient (Wildman–Crippen LogP) is 3.85. The van der Waals surface area contributed by atoms with E-state index in [1.165, 1.54) is 7.11 Å². The molecule has 124 valence electrons. The molecule has 0 saturated heterocycles. The van der Waals surface area contributed by atoms with Gasteiger partial charge in [0.2, 0.25) is 18.2 Å². The highest BCUT2D eigenvalue weighted by Crippen LogP contribution is 2.41. The molecule has 0 amide bonds. The van der Waals surface area contributed by atoms with Crippen LogP contribution in [0.1, 0.15) is 6.92 Å². The highest BCUT2D eigenvalue weighted by molar-refractivity contribution is 7.90. The summed E-state index contributed by atoms with van der Waals surface area (Å²) in [6, 6.07) is 5.35. The van der Waals surface area contributed by atoms with Crippen molar-refractivity contribution in [2.75, 3.05) is 32.7 Å². The molecule has 0 bridgehead atoms. The number of hydrogen-bond donors (Lipinski definition) is 0. The van der Waals surface area contributed by atoms with Crippen molar-refractivity contribution in [3.8, 4) is 22.9 Å². The Hall–Kier alpha value is -1.70. The van der Waals surface area contributed by atoms with Gasteiger partial charge in [0.15, 0.2) is 5.75 Å². The van der Waals surface area contributed by atoms with Gasteiger partial charge >= 0.3 is 0 Å². The molecular formula is C15H18ClN3O3S. The van der Waals surface area contributed by atoms with E-state index in [4.69, 9.17) is 24.7 Å². The number of aromatic nitrogens is 2. The molecule has 0 aliphatic carbocycles. The maximum absolute atomic E-state index is 5.93. The first-order valence-electron chi connectivity index (χ1n) is 6.91. The zero-order valence-electron chi connectivity index (χ0n) is 13.4. The van der Waals surface area contributed by atoms with E-state index in [1.807, 2.05) is 32.0 Å². The molecule has 2 aromatic rings. The minimum Gasteiger partial charge on any atom is -0.480 e. The second kappa shape index (κ2) is 8.24. The Bertz CT molecular complexity index is 670. The van der Waals surface area contributed by atoms with Gasteiger partial charge in [-0.25, -0.2) is 4.98 Å². The summed E-state index contributed by atoms with van der Waals surface area (Å²) in [6.45, 7) is 2.42. The molecule has 8 heteroatoms. The lowest BCUT2D eigenvalue weighted by molar-refractivity contribution is 0.369. The number of nitrogens with zero attached hydrogens (tertiary/aromatic N) is 3. The Morgan fingerprint density at radius 2 is 2.04 bits per heavy atom. The van der Waals surface area contributed by atoms with Crippen molar-refractivity contribution in [3.63, 3.8) is 0 Å². The minimum absolute atomic E-state index is 0.348. The van der Waals surface area contributed by atoms with Gasteiger partial charge in [0, 0.05) is 20.3 Å². The number of halogens is 1. The van der Waals surface area contributed by atoms with Gasteiger partial charge in [-0.15, -0.1) is 0 Å². The Kier molecular flexibility index (Phi) is 6.32. The number of rotatable bonds is 7. The van der Waals surface area contributed by atoms with Crippen molar-refractivity contribution in [2.45, 2.75) is 6.92 Å². The summed E-state index contributed by atoms with van der Waals surface area (Å²) in [6.07, 6.45) is 1.71. The lowest BCUT2D eigenvalue weighted by Gasteiger charge is -2.19. The predicted molar refractivity (Wildman–Crippen MR) is 93.2 cm³/mol. The molecule has 0 aliphatic rings. The quantitative estimate of drug-likeness (QED) is 0.424. The topological polar surface area (TPSA) is 56.7 Å². The first-order chi connectivity index (χ1) is 11.1. The van der Waals surface area contributed by atoms with Crippen LogP contribution in [0.2, 0.25) is 5.15 Å². The van der Waals surface area contributed by atoms with Gasteiger partial charge in [-0.2, -0.15) is 0 Å². The average molecular weight is 356 g/mol. The number of ether oxygens (including phenoxy) is 1. The molecule has 2 rings (SSSR count). The van der Waals surface area contributed by atoms with E-state index < -0.39 is 0 Å². The van der Waals surface area contributed by atoms with Crippen LogP contribution < -0.4 is 13.8 Å². The first-order valence-corrected chi connectivity index (χ1v) is 7.96. The lowest BCUT2D eigenvalue weighted by atomic mass is 10.1. The lowest BCUT2D eigenvalue weighted by Crippen LogP contribution is -2.11. The number of hydrogen-bond acceptors (Lipinski definition) is 7. The monoisotopic (exact) mass is 355 g/mol. The van der Waals surface area contributed by atoms with Crippen LogP contribution in [0, 0.1) is 0 Å². The molecule has 2 heterocycles. The maximum Gasteiger partial charge on any atom is 0.225 e. The van der Waals surface area contributed by atoms with E-state index in [0.717, 1.165) is 18.0 Å². The second-order valence-corrected chi connectivity index (χ2v) is 5.58. The van der Waals surface area contributed by atoms with Crippen LogP contribution >= 0.6 is 23.9 Å². The fraction of sp³-hybridized carbons (Fsp3) is 0.333. The van der Waals surface area contributed by atoms with Gasteiger partial charge in [0.1, 0.15) is 10.8 Å². The summed E-state index contributed by atoms with van der Waals surface area (Å²) in [7, 11) is 5.39. The van der Waals surface area contributed by atoms with Crippen LogP contribution in [-0.4, -0.2) is 37.8 Å². The highest BCUT2D eigenvalue weighted by Gasteiger charge is 2.20. The molecule has 0 atom stereocenters. The number of pyridine rings is 2. The van der Waals surface area contributed by atoms with Gasteiger partial charge in [0.25, 0.3) is 0 Å². The Balaban J connectivity index is 2.54. The minimum atomic E-state index is 0.348. The zero-order valence-corrected chi connectivity index (χ0v) is 14.9. The zero-order chi connectivity index (χ0) is 16.8. The van der Waals surface area contributed by atoms with E-state index >= 15 is 0 Å². The summed E-state index contributed by atoms with van der Waals surface area (Å²) in [5.41, 5.74) is 2.15. The first kappa shape index (κ1) is 17.7. The SMILES string of the molecule is CCOSOc1c(N(C)C)ccnc1-c1ccc(Cl)nc1OC. The van der Waals surface area contributed by atoms with Crippen molar-refractivity contribution in [1.29, 1.82) is 0 Å². The molecule has 23 heavy (non-hydrogen) atoms.